The lowest BCUT2D eigenvalue weighted by Gasteiger charge is -2.26. The summed E-state index contributed by atoms with van der Waals surface area (Å²) in [6, 6.07) is 15.7. The van der Waals surface area contributed by atoms with Crippen LogP contribution in [0, 0.1) is 0 Å². The molecule has 0 aliphatic heterocycles. The van der Waals surface area contributed by atoms with E-state index in [4.69, 9.17) is 9.47 Å². The van der Waals surface area contributed by atoms with E-state index in [0.717, 1.165) is 17.7 Å². The van der Waals surface area contributed by atoms with Crippen LogP contribution in [0.1, 0.15) is 24.1 Å². The molecule has 0 heterocycles. The third-order valence-corrected chi connectivity index (χ3v) is 4.32. The standard InChI is InChI=1S/C21H28N2O3/c1-5-16-10-12-17(13-11-16)26-15-21(24)22-14-19(23(2)3)18-8-6-7-9-20(18)25-4/h6-13,19H,5,14-15H2,1-4H3,(H,22,24)/t19-/m0/s1. The second-order valence-corrected chi connectivity index (χ2v) is 6.31. The van der Waals surface area contributed by atoms with Crippen LogP contribution in [0.25, 0.3) is 0 Å². The second kappa shape index (κ2) is 9.82. The molecule has 5 nitrogen and oxygen atoms in total. The Bertz CT molecular complexity index is 699. The molecule has 0 saturated carbocycles. The van der Waals surface area contributed by atoms with Gasteiger partial charge in [0.2, 0.25) is 0 Å². The summed E-state index contributed by atoms with van der Waals surface area (Å²) in [5.74, 6) is 1.37. The van der Waals surface area contributed by atoms with Crippen molar-refractivity contribution >= 4 is 5.91 Å². The number of nitrogens with zero attached hydrogens (tertiary/aromatic N) is 1. The molecule has 0 spiro atoms. The first-order chi connectivity index (χ1) is 12.5. The number of carbonyl (C=O) groups is 1. The van der Waals surface area contributed by atoms with Crippen LogP contribution in [0.4, 0.5) is 0 Å². The first-order valence-electron chi connectivity index (χ1n) is 8.83. The number of ether oxygens (including phenoxy) is 2. The molecule has 140 valence electrons. The summed E-state index contributed by atoms with van der Waals surface area (Å²) in [4.78, 5) is 14.2. The van der Waals surface area contributed by atoms with Crippen molar-refractivity contribution in [3.8, 4) is 11.5 Å². The molecule has 0 radical (unpaired) electrons. The van der Waals surface area contributed by atoms with Gasteiger partial charge in [0, 0.05) is 12.1 Å². The highest BCUT2D eigenvalue weighted by Crippen LogP contribution is 2.27. The second-order valence-electron chi connectivity index (χ2n) is 6.31. The first kappa shape index (κ1) is 19.8. The van der Waals surface area contributed by atoms with Crippen LogP contribution in [-0.2, 0) is 11.2 Å². The zero-order chi connectivity index (χ0) is 18.9. The lowest BCUT2D eigenvalue weighted by molar-refractivity contribution is -0.123. The van der Waals surface area contributed by atoms with Crippen molar-refractivity contribution in [3.05, 3.63) is 59.7 Å². The molecule has 0 aliphatic rings. The molecular weight excluding hydrogens is 328 g/mol. The number of nitrogens with one attached hydrogen (secondary N) is 1. The fourth-order valence-corrected chi connectivity index (χ4v) is 2.74. The number of para-hydroxylation sites is 1. The molecule has 0 saturated heterocycles. The van der Waals surface area contributed by atoms with Crippen molar-refractivity contribution < 1.29 is 14.3 Å². The molecule has 2 aromatic carbocycles. The van der Waals surface area contributed by atoms with Gasteiger partial charge in [0.05, 0.1) is 13.2 Å². The summed E-state index contributed by atoms with van der Waals surface area (Å²) in [6.45, 7) is 2.58. The Labute approximate surface area is 155 Å². The van der Waals surface area contributed by atoms with Crippen LogP contribution in [0.15, 0.2) is 48.5 Å². The molecule has 0 fully saturated rings. The highest BCUT2D eigenvalue weighted by Gasteiger charge is 2.19. The summed E-state index contributed by atoms with van der Waals surface area (Å²) in [7, 11) is 5.62. The number of carbonyl (C=O) groups excluding carboxylic acids is 1. The van der Waals surface area contributed by atoms with Crippen molar-refractivity contribution in [1.82, 2.24) is 10.2 Å². The number of methoxy groups -OCH3 is 1. The van der Waals surface area contributed by atoms with Crippen molar-refractivity contribution in [2.75, 3.05) is 34.4 Å². The summed E-state index contributed by atoms with van der Waals surface area (Å²) in [5, 5.41) is 2.95. The lowest BCUT2D eigenvalue weighted by Crippen LogP contribution is -2.37. The Morgan fingerprint density at radius 1 is 1.12 bits per heavy atom. The minimum absolute atomic E-state index is 0.00244. The third kappa shape index (κ3) is 5.49. The summed E-state index contributed by atoms with van der Waals surface area (Å²) in [5.41, 5.74) is 2.28. The SMILES string of the molecule is CCc1ccc(OCC(=O)NC[C@@H](c2ccccc2OC)N(C)C)cc1. The van der Waals surface area contributed by atoms with E-state index in [1.165, 1.54) is 5.56 Å². The Morgan fingerprint density at radius 2 is 1.81 bits per heavy atom. The fraction of sp³-hybridized carbons (Fsp3) is 0.381. The smallest absolute Gasteiger partial charge is 0.258 e. The van der Waals surface area contributed by atoms with Gasteiger partial charge in [-0.15, -0.1) is 0 Å². The zero-order valence-electron chi connectivity index (χ0n) is 16.0. The van der Waals surface area contributed by atoms with E-state index in [2.05, 4.69) is 17.1 Å². The molecule has 0 bridgehead atoms. The molecule has 0 unspecified atom stereocenters. The van der Waals surface area contributed by atoms with Gasteiger partial charge in [-0.05, 0) is 44.3 Å². The Morgan fingerprint density at radius 3 is 2.42 bits per heavy atom. The quantitative estimate of drug-likeness (QED) is 0.750. The van der Waals surface area contributed by atoms with Crippen LogP contribution in [0.3, 0.4) is 0 Å². The van der Waals surface area contributed by atoms with E-state index in [1.54, 1.807) is 7.11 Å². The number of amides is 1. The summed E-state index contributed by atoms with van der Waals surface area (Å²) in [6.07, 6.45) is 0.982. The number of hydrogen-bond acceptors (Lipinski definition) is 4. The van der Waals surface area contributed by atoms with Crippen LogP contribution in [0.5, 0.6) is 11.5 Å². The monoisotopic (exact) mass is 356 g/mol. The minimum atomic E-state index is -0.147. The highest BCUT2D eigenvalue weighted by atomic mass is 16.5. The Hall–Kier alpha value is -2.53. The number of aryl methyl sites for hydroxylation is 1. The number of hydrogen-bond donors (Lipinski definition) is 1. The molecule has 26 heavy (non-hydrogen) atoms. The molecule has 2 rings (SSSR count). The van der Waals surface area contributed by atoms with Crippen molar-refractivity contribution in [3.63, 3.8) is 0 Å². The Balaban J connectivity index is 1.90. The molecule has 0 aliphatic carbocycles. The maximum atomic E-state index is 12.2. The predicted molar refractivity (Wildman–Crippen MR) is 104 cm³/mol. The molecule has 5 heteroatoms. The maximum Gasteiger partial charge on any atom is 0.258 e. The van der Waals surface area contributed by atoms with E-state index in [9.17, 15) is 4.79 Å². The predicted octanol–water partition coefficient (Wildman–Crippen LogP) is 3.06. The highest BCUT2D eigenvalue weighted by molar-refractivity contribution is 5.77. The van der Waals surface area contributed by atoms with Gasteiger partial charge in [-0.1, -0.05) is 37.3 Å². The molecule has 1 atom stereocenters. The molecule has 1 N–H and O–H groups in total. The fourth-order valence-electron chi connectivity index (χ4n) is 2.74. The molecule has 1 amide bonds. The molecule has 2 aromatic rings. The molecular formula is C21H28N2O3. The van der Waals surface area contributed by atoms with Crippen LogP contribution < -0.4 is 14.8 Å². The zero-order valence-corrected chi connectivity index (χ0v) is 16.0. The van der Waals surface area contributed by atoms with Crippen LogP contribution in [0.2, 0.25) is 0 Å². The van der Waals surface area contributed by atoms with Gasteiger partial charge in [0.25, 0.3) is 5.91 Å². The van der Waals surface area contributed by atoms with E-state index < -0.39 is 0 Å². The number of rotatable bonds is 9. The lowest BCUT2D eigenvalue weighted by atomic mass is 10.0. The van der Waals surface area contributed by atoms with Crippen molar-refractivity contribution in [2.24, 2.45) is 0 Å². The Kier molecular flexibility index (Phi) is 7.48. The van der Waals surface area contributed by atoms with Gasteiger partial charge < -0.3 is 19.7 Å². The topological polar surface area (TPSA) is 50.8 Å². The summed E-state index contributed by atoms with van der Waals surface area (Å²) < 4.78 is 11.0. The summed E-state index contributed by atoms with van der Waals surface area (Å²) >= 11 is 0. The van der Waals surface area contributed by atoms with Crippen molar-refractivity contribution in [1.29, 1.82) is 0 Å². The third-order valence-electron chi connectivity index (χ3n) is 4.32. The van der Waals surface area contributed by atoms with E-state index in [-0.39, 0.29) is 18.6 Å². The van der Waals surface area contributed by atoms with Gasteiger partial charge in [0.1, 0.15) is 11.5 Å². The van der Waals surface area contributed by atoms with Crippen molar-refractivity contribution in [2.45, 2.75) is 19.4 Å². The van der Waals surface area contributed by atoms with Crippen LogP contribution >= 0.6 is 0 Å². The van der Waals surface area contributed by atoms with E-state index in [1.807, 2.05) is 62.6 Å². The average molecular weight is 356 g/mol. The number of benzene rings is 2. The van der Waals surface area contributed by atoms with Gasteiger partial charge in [0.15, 0.2) is 6.61 Å². The van der Waals surface area contributed by atoms with Crippen LogP contribution in [-0.4, -0.2) is 45.2 Å². The normalized spacial score (nSPS) is 11.9. The minimum Gasteiger partial charge on any atom is -0.496 e. The van der Waals surface area contributed by atoms with E-state index in [0.29, 0.717) is 12.3 Å². The number of likely N-dealkylation sites (N-methyl/N-ethyl adjacent to an activating group) is 1. The largest absolute Gasteiger partial charge is 0.496 e. The average Bonchev–Trinajstić information content (AvgIpc) is 2.67. The van der Waals surface area contributed by atoms with E-state index >= 15 is 0 Å². The van der Waals surface area contributed by atoms with Gasteiger partial charge in [-0.25, -0.2) is 0 Å². The van der Waals surface area contributed by atoms with Gasteiger partial charge >= 0.3 is 0 Å². The van der Waals surface area contributed by atoms with Gasteiger partial charge in [-0.3, -0.25) is 4.79 Å². The van der Waals surface area contributed by atoms with Gasteiger partial charge in [-0.2, -0.15) is 0 Å². The first-order valence-corrected chi connectivity index (χ1v) is 8.83. The maximum absolute atomic E-state index is 12.2. The molecule has 0 aromatic heterocycles.